The zero-order chi connectivity index (χ0) is 13.2. The van der Waals surface area contributed by atoms with E-state index in [4.69, 9.17) is 4.74 Å². The highest BCUT2D eigenvalue weighted by molar-refractivity contribution is 7.12. The van der Waals surface area contributed by atoms with Gasteiger partial charge in [0.05, 0.1) is 4.88 Å². The summed E-state index contributed by atoms with van der Waals surface area (Å²) < 4.78 is 5.17. The third kappa shape index (κ3) is 2.48. The number of hydrogen-bond acceptors (Lipinski definition) is 4. The Hall–Kier alpha value is -2.20. The van der Waals surface area contributed by atoms with Gasteiger partial charge in [-0.15, -0.1) is 11.3 Å². The molecule has 0 spiro atoms. The molecule has 4 heteroatoms. The maximum absolute atomic E-state index is 11.8. The van der Waals surface area contributed by atoms with Gasteiger partial charge in [0, 0.05) is 0 Å². The minimum absolute atomic E-state index is 0.340. The maximum Gasteiger partial charge on any atom is 0.363 e. The van der Waals surface area contributed by atoms with Gasteiger partial charge in [0.25, 0.3) is 0 Å². The van der Waals surface area contributed by atoms with E-state index in [-0.39, 0.29) is 0 Å². The van der Waals surface area contributed by atoms with Gasteiger partial charge >= 0.3 is 5.97 Å². The van der Waals surface area contributed by atoms with Crippen LogP contribution in [-0.4, -0.2) is 11.9 Å². The van der Waals surface area contributed by atoms with Crippen molar-refractivity contribution in [3.05, 3.63) is 63.5 Å². The van der Waals surface area contributed by atoms with Gasteiger partial charge in [-0.05, 0) is 30.0 Å². The Balaban J connectivity index is 1.92. The van der Waals surface area contributed by atoms with Crippen LogP contribution in [0.15, 0.2) is 52.5 Å². The standard InChI is InChI=1S/C15H11NO2S/c1-10-4-6-11(7-5-10)9-12-15(17)18-14(16-12)13-3-2-8-19-13/h2-9H,1H3. The summed E-state index contributed by atoms with van der Waals surface area (Å²) in [5.74, 6) is -0.0117. The Bertz CT molecular complexity index is 667. The van der Waals surface area contributed by atoms with Gasteiger partial charge in [-0.1, -0.05) is 35.9 Å². The molecule has 0 bridgehead atoms. The van der Waals surface area contributed by atoms with Gasteiger partial charge in [-0.2, -0.15) is 0 Å². The lowest BCUT2D eigenvalue weighted by Crippen LogP contribution is -2.03. The Morgan fingerprint density at radius 2 is 2.00 bits per heavy atom. The van der Waals surface area contributed by atoms with Gasteiger partial charge < -0.3 is 4.74 Å². The molecular formula is C15H11NO2S. The van der Waals surface area contributed by atoms with Crippen molar-refractivity contribution in [3.8, 4) is 0 Å². The van der Waals surface area contributed by atoms with Crippen LogP contribution in [0, 0.1) is 6.92 Å². The molecule has 0 fully saturated rings. The molecule has 0 N–H and O–H groups in total. The second-order valence-corrected chi connectivity index (χ2v) is 5.17. The molecule has 1 aliphatic rings. The molecule has 19 heavy (non-hydrogen) atoms. The van der Waals surface area contributed by atoms with E-state index in [9.17, 15) is 4.79 Å². The first-order valence-electron chi connectivity index (χ1n) is 5.85. The fourth-order valence-electron chi connectivity index (χ4n) is 1.74. The molecule has 0 radical (unpaired) electrons. The number of aryl methyl sites for hydroxylation is 1. The van der Waals surface area contributed by atoms with E-state index in [1.807, 2.05) is 48.7 Å². The molecule has 0 atom stereocenters. The van der Waals surface area contributed by atoms with Crippen molar-refractivity contribution in [2.45, 2.75) is 6.92 Å². The van der Waals surface area contributed by atoms with Gasteiger partial charge in [0.2, 0.25) is 5.90 Å². The van der Waals surface area contributed by atoms with Crippen molar-refractivity contribution in [1.29, 1.82) is 0 Å². The lowest BCUT2D eigenvalue weighted by atomic mass is 10.1. The van der Waals surface area contributed by atoms with E-state index in [1.54, 1.807) is 6.08 Å². The number of carbonyl (C=O) groups is 1. The van der Waals surface area contributed by atoms with Crippen LogP contribution in [0.2, 0.25) is 0 Å². The second kappa shape index (κ2) is 4.82. The molecule has 2 aromatic rings. The number of hydrogen-bond donors (Lipinski definition) is 0. The zero-order valence-corrected chi connectivity index (χ0v) is 11.1. The van der Waals surface area contributed by atoms with Gasteiger partial charge in [0.15, 0.2) is 5.70 Å². The van der Waals surface area contributed by atoms with Crippen LogP contribution in [0.25, 0.3) is 6.08 Å². The number of thiophene rings is 1. The van der Waals surface area contributed by atoms with E-state index in [1.165, 1.54) is 16.9 Å². The Morgan fingerprint density at radius 1 is 1.21 bits per heavy atom. The highest BCUT2D eigenvalue weighted by Crippen LogP contribution is 2.21. The molecular weight excluding hydrogens is 258 g/mol. The van der Waals surface area contributed by atoms with Crippen molar-refractivity contribution < 1.29 is 9.53 Å². The predicted octanol–water partition coefficient (Wildman–Crippen LogP) is 3.40. The Labute approximate surface area is 114 Å². The SMILES string of the molecule is Cc1ccc(C=C2N=C(c3cccs3)OC2=O)cc1. The molecule has 1 aromatic heterocycles. The molecule has 3 nitrogen and oxygen atoms in total. The number of benzene rings is 1. The zero-order valence-electron chi connectivity index (χ0n) is 10.3. The van der Waals surface area contributed by atoms with Crippen LogP contribution in [-0.2, 0) is 9.53 Å². The highest BCUT2D eigenvalue weighted by Gasteiger charge is 2.24. The molecule has 94 valence electrons. The molecule has 0 saturated carbocycles. The fraction of sp³-hybridized carbons (Fsp3) is 0.0667. The van der Waals surface area contributed by atoms with Crippen LogP contribution in [0.4, 0.5) is 0 Å². The average Bonchev–Trinajstić information content (AvgIpc) is 3.03. The van der Waals surface area contributed by atoms with E-state index in [0.29, 0.717) is 11.6 Å². The topological polar surface area (TPSA) is 38.7 Å². The smallest absolute Gasteiger partial charge is 0.363 e. The highest BCUT2D eigenvalue weighted by atomic mass is 32.1. The first-order valence-corrected chi connectivity index (χ1v) is 6.73. The number of carbonyl (C=O) groups excluding carboxylic acids is 1. The molecule has 1 aromatic carbocycles. The summed E-state index contributed by atoms with van der Waals surface area (Å²) in [4.78, 5) is 16.9. The van der Waals surface area contributed by atoms with Crippen molar-refractivity contribution in [2.75, 3.05) is 0 Å². The normalized spacial score (nSPS) is 16.6. The summed E-state index contributed by atoms with van der Waals surface area (Å²) in [6, 6.07) is 11.7. The van der Waals surface area contributed by atoms with E-state index in [0.717, 1.165) is 10.4 Å². The van der Waals surface area contributed by atoms with Crippen LogP contribution < -0.4 is 0 Å². The third-order valence-corrected chi connectivity index (χ3v) is 3.59. The molecule has 0 saturated heterocycles. The van der Waals surface area contributed by atoms with Gasteiger partial charge in [-0.3, -0.25) is 0 Å². The molecule has 3 rings (SSSR count). The van der Waals surface area contributed by atoms with Crippen molar-refractivity contribution in [1.82, 2.24) is 0 Å². The second-order valence-electron chi connectivity index (χ2n) is 4.22. The molecule has 0 amide bonds. The minimum atomic E-state index is -0.399. The first kappa shape index (κ1) is 11.9. The number of cyclic esters (lactones) is 1. The van der Waals surface area contributed by atoms with Crippen molar-refractivity contribution >= 4 is 29.3 Å². The summed E-state index contributed by atoms with van der Waals surface area (Å²) in [7, 11) is 0. The summed E-state index contributed by atoms with van der Waals surface area (Å²) in [6.45, 7) is 2.02. The van der Waals surface area contributed by atoms with Crippen LogP contribution in [0.3, 0.4) is 0 Å². The van der Waals surface area contributed by atoms with Crippen molar-refractivity contribution in [3.63, 3.8) is 0 Å². The lowest BCUT2D eigenvalue weighted by molar-refractivity contribution is -0.129. The Morgan fingerprint density at radius 3 is 2.68 bits per heavy atom. The average molecular weight is 269 g/mol. The number of rotatable bonds is 2. The summed E-state index contributed by atoms with van der Waals surface area (Å²) >= 11 is 1.50. The van der Waals surface area contributed by atoms with Crippen LogP contribution in [0.5, 0.6) is 0 Å². The quantitative estimate of drug-likeness (QED) is 0.619. The van der Waals surface area contributed by atoms with E-state index in [2.05, 4.69) is 4.99 Å². The van der Waals surface area contributed by atoms with Gasteiger partial charge in [0.1, 0.15) is 0 Å². The number of ether oxygens (including phenoxy) is 1. The summed E-state index contributed by atoms with van der Waals surface area (Å²) in [5.41, 5.74) is 2.46. The monoisotopic (exact) mass is 269 g/mol. The van der Waals surface area contributed by atoms with E-state index < -0.39 is 5.97 Å². The summed E-state index contributed by atoms with van der Waals surface area (Å²) in [5, 5.41) is 1.92. The van der Waals surface area contributed by atoms with Gasteiger partial charge in [-0.25, -0.2) is 9.79 Å². The molecule has 0 aliphatic carbocycles. The van der Waals surface area contributed by atoms with Crippen LogP contribution in [0.1, 0.15) is 16.0 Å². The maximum atomic E-state index is 11.8. The number of aliphatic imine (C=N–C) groups is 1. The first-order chi connectivity index (χ1) is 9.22. The van der Waals surface area contributed by atoms with Crippen molar-refractivity contribution in [2.24, 2.45) is 4.99 Å². The lowest BCUT2D eigenvalue weighted by Gasteiger charge is -1.95. The number of esters is 1. The van der Waals surface area contributed by atoms with E-state index >= 15 is 0 Å². The largest absolute Gasteiger partial charge is 0.401 e. The number of nitrogens with zero attached hydrogens (tertiary/aromatic N) is 1. The fourth-order valence-corrected chi connectivity index (χ4v) is 2.38. The summed E-state index contributed by atoms with van der Waals surface area (Å²) in [6.07, 6.45) is 1.74. The third-order valence-electron chi connectivity index (χ3n) is 2.73. The van der Waals surface area contributed by atoms with Crippen LogP contribution >= 0.6 is 11.3 Å². The molecule has 0 unspecified atom stereocenters. The molecule has 2 heterocycles. The minimum Gasteiger partial charge on any atom is -0.401 e. The predicted molar refractivity (Wildman–Crippen MR) is 76.1 cm³/mol. The molecule has 1 aliphatic heterocycles. The Kier molecular flexibility index (Phi) is 3.01.